The van der Waals surface area contributed by atoms with Crippen molar-refractivity contribution in [3.05, 3.63) is 0 Å². The van der Waals surface area contributed by atoms with Crippen molar-refractivity contribution in [1.29, 1.82) is 0 Å². The van der Waals surface area contributed by atoms with Gasteiger partial charge >= 0.3 is 10.3 Å². The van der Waals surface area contributed by atoms with Crippen molar-refractivity contribution in [1.82, 2.24) is 4.72 Å². The Kier molecular flexibility index (Phi) is 3.06. The maximum atomic E-state index is 10.3. The Bertz CT molecular complexity index is 163. The van der Waals surface area contributed by atoms with Gasteiger partial charge in [0.05, 0.1) is 0 Å². The molecule has 0 aromatic carbocycles. The average Bonchev–Trinajstić information content (AvgIpc) is 1.62. The van der Waals surface area contributed by atoms with Crippen LogP contribution in [0.25, 0.3) is 0 Å². The monoisotopic (exact) mass is 154 g/mol. The summed E-state index contributed by atoms with van der Waals surface area (Å²) in [5.74, 6) is 0. The smallest absolute Gasteiger partial charge is 0.273 e. The highest BCUT2D eigenvalue weighted by atomic mass is 32.2. The fourth-order valence-electron chi connectivity index (χ4n) is 0.249. The predicted molar refractivity (Wildman–Crippen MR) is 29.4 cm³/mol. The van der Waals surface area contributed by atoms with Crippen molar-refractivity contribution >= 4 is 10.3 Å². The second-order valence-electron chi connectivity index (χ2n) is 1.49. The summed E-state index contributed by atoms with van der Waals surface area (Å²) in [7, 11) is -4.30. The lowest BCUT2D eigenvalue weighted by atomic mass is 10.5. The molecule has 0 fully saturated rings. The average molecular weight is 154 g/mol. The summed E-state index contributed by atoms with van der Waals surface area (Å²) >= 11 is 0. The molecule has 0 amide bonds. The first-order chi connectivity index (χ1) is 3.95. The molecule has 0 heterocycles. The molecule has 6 heteroatoms. The highest BCUT2D eigenvalue weighted by Gasteiger charge is 2.09. The largest absolute Gasteiger partial charge is 0.335 e. The Hall–Kier alpha value is -0.170. The number of hydrogen-bond donors (Lipinski definition) is 2. The van der Waals surface area contributed by atoms with Crippen LogP contribution in [0, 0.1) is 0 Å². The van der Waals surface area contributed by atoms with Gasteiger partial charge < -0.3 is 0 Å². The minimum atomic E-state index is -4.30. The van der Waals surface area contributed by atoms with Crippen molar-refractivity contribution in [2.75, 3.05) is 0 Å². The minimum Gasteiger partial charge on any atom is -0.273 e. The van der Waals surface area contributed by atoms with Crippen LogP contribution in [0.1, 0.15) is 13.3 Å². The third-order valence-corrected chi connectivity index (χ3v) is 1.21. The van der Waals surface area contributed by atoms with Crippen LogP contribution in [0.2, 0.25) is 0 Å². The van der Waals surface area contributed by atoms with Crippen molar-refractivity contribution in [2.45, 2.75) is 19.6 Å². The van der Waals surface area contributed by atoms with Gasteiger partial charge in [-0.25, -0.2) is 5.11 Å². The van der Waals surface area contributed by atoms with E-state index in [1.165, 1.54) is 11.6 Å². The molecule has 5 nitrogen and oxygen atoms in total. The lowest BCUT2D eigenvalue weighted by Crippen LogP contribution is -2.32. The molecule has 0 spiro atoms. The summed E-state index contributed by atoms with van der Waals surface area (Å²) in [6.07, 6.45) is -1.33. The molecule has 55 valence electrons. The molecule has 1 atom stereocenters. The normalized spacial score (nSPS) is 15.4. The highest BCUT2D eigenvalue weighted by molar-refractivity contribution is 7.83. The molecule has 0 rings (SSSR count). The molecule has 9 heavy (non-hydrogen) atoms. The summed E-state index contributed by atoms with van der Waals surface area (Å²) in [6, 6.07) is 0. The van der Waals surface area contributed by atoms with Crippen molar-refractivity contribution < 1.29 is 18.1 Å². The predicted octanol–water partition coefficient (Wildman–Crippen LogP) is -0.455. The first-order valence-electron chi connectivity index (χ1n) is 2.36. The van der Waals surface area contributed by atoms with E-state index in [1.807, 2.05) is 0 Å². The van der Waals surface area contributed by atoms with Crippen LogP contribution >= 0.6 is 0 Å². The highest BCUT2D eigenvalue weighted by Crippen LogP contribution is 1.86. The van der Waals surface area contributed by atoms with E-state index in [-0.39, 0.29) is 6.42 Å². The Labute approximate surface area is 53.6 Å². The summed E-state index contributed by atoms with van der Waals surface area (Å²) < 4.78 is 29.1. The van der Waals surface area contributed by atoms with Gasteiger partial charge in [0.1, 0.15) is 0 Å². The van der Waals surface area contributed by atoms with Crippen molar-refractivity contribution in [3.8, 4) is 0 Å². The molecule has 2 N–H and O–H groups in total. The van der Waals surface area contributed by atoms with Crippen LogP contribution in [0.4, 0.5) is 0 Å². The number of hydrogen-bond acceptors (Lipinski definition) is 2. The molecular weight excluding hydrogens is 146 g/mol. The van der Waals surface area contributed by atoms with Crippen LogP contribution in [-0.2, 0) is 15.4 Å². The van der Waals surface area contributed by atoms with E-state index < -0.39 is 16.5 Å². The lowest BCUT2D eigenvalue weighted by molar-refractivity contribution is 0.0742. The van der Waals surface area contributed by atoms with E-state index in [1.54, 1.807) is 0 Å². The van der Waals surface area contributed by atoms with E-state index in [9.17, 15) is 13.5 Å². The summed E-state index contributed by atoms with van der Waals surface area (Å²) in [5, 5.41) is 10.3. The SMILES string of the molecule is CCC([O])NS(=O)(=O)O. The molecule has 0 aliphatic rings. The molecule has 0 aliphatic carbocycles. The topological polar surface area (TPSA) is 86.3 Å². The summed E-state index contributed by atoms with van der Waals surface area (Å²) in [4.78, 5) is 0. The van der Waals surface area contributed by atoms with Crippen LogP contribution in [0.5, 0.6) is 0 Å². The second-order valence-corrected chi connectivity index (χ2v) is 2.68. The second kappa shape index (κ2) is 3.11. The van der Waals surface area contributed by atoms with Gasteiger partial charge in [-0.2, -0.15) is 13.1 Å². The molecular formula is C3H8NO4S. The lowest BCUT2D eigenvalue weighted by Gasteiger charge is -2.02. The zero-order valence-electron chi connectivity index (χ0n) is 4.86. The van der Waals surface area contributed by atoms with Crippen molar-refractivity contribution in [2.24, 2.45) is 0 Å². The molecule has 1 radical (unpaired) electrons. The van der Waals surface area contributed by atoms with Gasteiger partial charge in [0, 0.05) is 0 Å². The molecule has 0 aliphatic heterocycles. The molecule has 0 saturated heterocycles. The fraction of sp³-hybridized carbons (Fsp3) is 1.00. The first-order valence-corrected chi connectivity index (χ1v) is 3.80. The van der Waals surface area contributed by atoms with Gasteiger partial charge in [0.15, 0.2) is 6.23 Å². The molecule has 0 aromatic rings. The van der Waals surface area contributed by atoms with E-state index in [0.717, 1.165) is 0 Å². The van der Waals surface area contributed by atoms with Crippen LogP contribution in [-0.4, -0.2) is 19.2 Å². The van der Waals surface area contributed by atoms with Crippen LogP contribution in [0.3, 0.4) is 0 Å². The van der Waals surface area contributed by atoms with Crippen molar-refractivity contribution in [3.63, 3.8) is 0 Å². The van der Waals surface area contributed by atoms with E-state index >= 15 is 0 Å². The zero-order chi connectivity index (χ0) is 7.49. The molecule has 0 saturated carbocycles. The zero-order valence-corrected chi connectivity index (χ0v) is 5.68. The maximum absolute atomic E-state index is 10.3. The standard InChI is InChI=1S/C3H8NO4S/c1-2-3(5)4-9(6,7)8/h3-4H,2H2,1H3,(H,6,7,8). The number of nitrogens with one attached hydrogen (secondary N) is 1. The van der Waals surface area contributed by atoms with Gasteiger partial charge in [-0.05, 0) is 6.42 Å². The van der Waals surface area contributed by atoms with Crippen LogP contribution in [0.15, 0.2) is 0 Å². The molecule has 1 unspecified atom stereocenters. The maximum Gasteiger partial charge on any atom is 0.335 e. The summed E-state index contributed by atoms with van der Waals surface area (Å²) in [6.45, 7) is 1.51. The van der Waals surface area contributed by atoms with Gasteiger partial charge in [-0.15, -0.1) is 0 Å². The van der Waals surface area contributed by atoms with E-state index in [2.05, 4.69) is 0 Å². The Balaban J connectivity index is 3.75. The Morgan fingerprint density at radius 3 is 2.22 bits per heavy atom. The quantitative estimate of drug-likeness (QED) is 0.426. The van der Waals surface area contributed by atoms with Gasteiger partial charge in [-0.1, -0.05) is 6.92 Å². The Morgan fingerprint density at radius 1 is 1.67 bits per heavy atom. The van der Waals surface area contributed by atoms with Crippen LogP contribution < -0.4 is 4.72 Å². The van der Waals surface area contributed by atoms with Gasteiger partial charge in [0.25, 0.3) is 0 Å². The van der Waals surface area contributed by atoms with E-state index in [4.69, 9.17) is 4.55 Å². The molecule has 0 aromatic heterocycles. The Morgan fingerprint density at radius 2 is 2.11 bits per heavy atom. The van der Waals surface area contributed by atoms with Gasteiger partial charge in [0.2, 0.25) is 0 Å². The first kappa shape index (κ1) is 8.83. The molecule has 0 bridgehead atoms. The third-order valence-electron chi connectivity index (χ3n) is 0.651. The van der Waals surface area contributed by atoms with Gasteiger partial charge in [-0.3, -0.25) is 4.55 Å². The third kappa shape index (κ3) is 5.71. The number of rotatable bonds is 3. The van der Waals surface area contributed by atoms with E-state index in [0.29, 0.717) is 0 Å². The minimum absolute atomic E-state index is 0.111. The fourth-order valence-corrected chi connectivity index (χ4v) is 0.748. The summed E-state index contributed by atoms with van der Waals surface area (Å²) in [5.41, 5.74) is 0.